The van der Waals surface area contributed by atoms with Crippen LogP contribution in [0.4, 0.5) is 5.69 Å². The third kappa shape index (κ3) is 2.68. The van der Waals surface area contributed by atoms with Gasteiger partial charge in [-0.25, -0.2) is 4.79 Å². The maximum atomic E-state index is 12.4. The number of carbonyl (C=O) groups excluding carboxylic acids is 2. The molecule has 0 fully saturated rings. The van der Waals surface area contributed by atoms with Crippen LogP contribution in [0.3, 0.4) is 0 Å². The predicted octanol–water partition coefficient (Wildman–Crippen LogP) is 3.34. The summed E-state index contributed by atoms with van der Waals surface area (Å²) in [4.78, 5) is 23.9. The molecule has 3 aromatic rings. The quantitative estimate of drug-likeness (QED) is 0.753. The van der Waals surface area contributed by atoms with Crippen LogP contribution in [-0.4, -0.2) is 23.4 Å². The number of anilines is 1. The molecule has 1 amide bonds. The van der Waals surface area contributed by atoms with Crippen LogP contribution in [0, 0.1) is 0 Å². The van der Waals surface area contributed by atoms with E-state index in [0.717, 1.165) is 10.1 Å². The number of nitrogens with zero attached hydrogens (tertiary/aromatic N) is 1. The van der Waals surface area contributed by atoms with E-state index < -0.39 is 5.97 Å². The Morgan fingerprint density at radius 3 is 2.77 bits per heavy atom. The summed E-state index contributed by atoms with van der Waals surface area (Å²) in [6, 6.07) is 14.1. The van der Waals surface area contributed by atoms with Crippen LogP contribution in [0.1, 0.15) is 20.8 Å². The molecule has 0 aliphatic rings. The number of hydrogen-bond acceptors (Lipinski definition) is 5. The zero-order chi connectivity index (χ0) is 15.5. The van der Waals surface area contributed by atoms with Gasteiger partial charge < -0.3 is 10.1 Å². The van der Waals surface area contributed by atoms with Crippen molar-refractivity contribution in [3.05, 3.63) is 59.8 Å². The van der Waals surface area contributed by atoms with Crippen molar-refractivity contribution in [3.63, 3.8) is 0 Å². The van der Waals surface area contributed by atoms with Crippen LogP contribution in [0.5, 0.6) is 0 Å². The van der Waals surface area contributed by atoms with Crippen molar-refractivity contribution in [1.29, 1.82) is 0 Å². The van der Waals surface area contributed by atoms with Gasteiger partial charge in [-0.1, -0.05) is 24.3 Å². The van der Waals surface area contributed by atoms with Gasteiger partial charge in [0.15, 0.2) is 0 Å². The summed E-state index contributed by atoms with van der Waals surface area (Å²) < 4.78 is 9.82. The number of nitrogens with one attached hydrogen (secondary N) is 1. The Labute approximate surface area is 130 Å². The Morgan fingerprint density at radius 2 is 1.95 bits per heavy atom. The Balaban J connectivity index is 1.87. The molecule has 5 nitrogen and oxygen atoms in total. The van der Waals surface area contributed by atoms with Gasteiger partial charge in [0, 0.05) is 11.1 Å². The third-order valence-electron chi connectivity index (χ3n) is 3.13. The van der Waals surface area contributed by atoms with Gasteiger partial charge in [0.25, 0.3) is 5.91 Å². The molecule has 3 rings (SSSR count). The molecule has 0 spiro atoms. The summed E-state index contributed by atoms with van der Waals surface area (Å²) in [6.07, 6.45) is 0. The molecule has 0 unspecified atom stereocenters. The minimum Gasteiger partial charge on any atom is -0.465 e. The van der Waals surface area contributed by atoms with E-state index in [4.69, 9.17) is 0 Å². The van der Waals surface area contributed by atoms with E-state index in [9.17, 15) is 9.59 Å². The van der Waals surface area contributed by atoms with Gasteiger partial charge in [-0.05, 0) is 35.8 Å². The second-order valence-corrected chi connectivity index (χ2v) is 5.36. The maximum absolute atomic E-state index is 12.4. The fourth-order valence-electron chi connectivity index (χ4n) is 2.08. The molecule has 0 saturated carbocycles. The van der Waals surface area contributed by atoms with E-state index >= 15 is 0 Å². The van der Waals surface area contributed by atoms with E-state index in [-0.39, 0.29) is 5.91 Å². The number of amides is 1. The van der Waals surface area contributed by atoms with Crippen molar-refractivity contribution in [3.8, 4) is 0 Å². The Hall–Kier alpha value is -2.73. The molecule has 1 N–H and O–H groups in total. The number of hydrogen-bond donors (Lipinski definition) is 1. The second-order valence-electron chi connectivity index (χ2n) is 4.55. The molecule has 0 radical (unpaired) electrons. The van der Waals surface area contributed by atoms with Crippen LogP contribution in [0.2, 0.25) is 0 Å². The second kappa shape index (κ2) is 5.95. The summed E-state index contributed by atoms with van der Waals surface area (Å²) in [6.45, 7) is 0. The van der Waals surface area contributed by atoms with Crippen LogP contribution in [0.25, 0.3) is 10.1 Å². The molecule has 6 heteroatoms. The van der Waals surface area contributed by atoms with E-state index in [0.29, 0.717) is 16.9 Å². The molecule has 110 valence electrons. The summed E-state index contributed by atoms with van der Waals surface area (Å²) in [5, 5.41) is 3.57. The van der Waals surface area contributed by atoms with E-state index in [1.807, 2.05) is 24.3 Å². The third-order valence-corrected chi connectivity index (χ3v) is 3.96. The highest BCUT2D eigenvalue weighted by Gasteiger charge is 2.15. The molecule has 0 atom stereocenters. The number of benzene rings is 2. The highest BCUT2D eigenvalue weighted by molar-refractivity contribution is 7.13. The lowest BCUT2D eigenvalue weighted by Gasteiger charge is -2.05. The standard InChI is InChI=1S/C16H12N2O3S/c1-21-16(20)10-5-4-6-11(9-10)17-15(19)14-12-7-2-3-8-13(12)22-18-14/h2-9H,1H3,(H,17,19). The predicted molar refractivity (Wildman–Crippen MR) is 85.4 cm³/mol. The van der Waals surface area contributed by atoms with Crippen molar-refractivity contribution < 1.29 is 14.3 Å². The van der Waals surface area contributed by atoms with Crippen LogP contribution < -0.4 is 5.32 Å². The molecule has 22 heavy (non-hydrogen) atoms. The van der Waals surface area contributed by atoms with E-state index in [2.05, 4.69) is 14.4 Å². The number of ether oxygens (including phenoxy) is 1. The lowest BCUT2D eigenvalue weighted by atomic mass is 10.2. The first kappa shape index (κ1) is 14.2. The SMILES string of the molecule is COC(=O)c1cccc(NC(=O)c2nsc3ccccc23)c1. The molecule has 0 aliphatic heterocycles. The van der Waals surface area contributed by atoms with Gasteiger partial charge in [-0.3, -0.25) is 4.79 Å². The van der Waals surface area contributed by atoms with Crippen LogP contribution in [-0.2, 0) is 4.74 Å². The van der Waals surface area contributed by atoms with Crippen LogP contribution in [0.15, 0.2) is 48.5 Å². The molecular weight excluding hydrogens is 300 g/mol. The molecular formula is C16H12N2O3S. The zero-order valence-electron chi connectivity index (χ0n) is 11.7. The van der Waals surface area contributed by atoms with Crippen molar-refractivity contribution in [2.24, 2.45) is 0 Å². The Bertz CT molecular complexity index is 857. The fraction of sp³-hybridized carbons (Fsp3) is 0.0625. The molecule has 0 saturated heterocycles. The van der Waals surface area contributed by atoms with Gasteiger partial charge in [0.05, 0.1) is 17.4 Å². The Kier molecular flexibility index (Phi) is 3.84. The Morgan fingerprint density at radius 1 is 1.14 bits per heavy atom. The van der Waals surface area contributed by atoms with E-state index in [1.165, 1.54) is 18.6 Å². The van der Waals surface area contributed by atoms with Crippen molar-refractivity contribution in [2.45, 2.75) is 0 Å². The average Bonchev–Trinajstić information content (AvgIpc) is 2.98. The van der Waals surface area contributed by atoms with Gasteiger partial charge in [-0.15, -0.1) is 0 Å². The summed E-state index contributed by atoms with van der Waals surface area (Å²) in [5.74, 6) is -0.755. The highest BCUT2D eigenvalue weighted by atomic mass is 32.1. The average molecular weight is 312 g/mol. The van der Waals surface area contributed by atoms with Crippen molar-refractivity contribution in [2.75, 3.05) is 12.4 Å². The first-order chi connectivity index (χ1) is 10.7. The minimum atomic E-state index is -0.449. The first-order valence-corrected chi connectivity index (χ1v) is 7.30. The van der Waals surface area contributed by atoms with Gasteiger partial charge in [-0.2, -0.15) is 4.37 Å². The zero-order valence-corrected chi connectivity index (χ0v) is 12.5. The summed E-state index contributed by atoms with van der Waals surface area (Å²) in [7, 11) is 1.31. The lowest BCUT2D eigenvalue weighted by molar-refractivity contribution is 0.0600. The minimum absolute atomic E-state index is 0.306. The number of rotatable bonds is 3. The topological polar surface area (TPSA) is 68.3 Å². The number of carbonyl (C=O) groups is 2. The van der Waals surface area contributed by atoms with Gasteiger partial charge in [0.1, 0.15) is 5.69 Å². The molecule has 1 heterocycles. The number of fused-ring (bicyclic) bond motifs is 1. The van der Waals surface area contributed by atoms with Crippen molar-refractivity contribution in [1.82, 2.24) is 4.37 Å². The number of aromatic nitrogens is 1. The lowest BCUT2D eigenvalue weighted by Crippen LogP contribution is -2.13. The van der Waals surface area contributed by atoms with E-state index in [1.54, 1.807) is 24.3 Å². The van der Waals surface area contributed by atoms with Gasteiger partial charge in [0.2, 0.25) is 0 Å². The number of methoxy groups -OCH3 is 1. The van der Waals surface area contributed by atoms with Crippen LogP contribution >= 0.6 is 11.5 Å². The molecule has 2 aromatic carbocycles. The normalized spacial score (nSPS) is 10.4. The number of esters is 1. The first-order valence-electron chi connectivity index (χ1n) is 6.53. The smallest absolute Gasteiger partial charge is 0.337 e. The molecule has 0 bridgehead atoms. The molecule has 0 aliphatic carbocycles. The maximum Gasteiger partial charge on any atom is 0.337 e. The summed E-state index contributed by atoms with van der Waals surface area (Å²) in [5.41, 5.74) is 1.28. The largest absolute Gasteiger partial charge is 0.465 e. The molecule has 1 aromatic heterocycles. The van der Waals surface area contributed by atoms with Crippen molar-refractivity contribution >= 4 is 39.2 Å². The monoisotopic (exact) mass is 312 g/mol. The summed E-state index contributed by atoms with van der Waals surface area (Å²) >= 11 is 1.28. The highest BCUT2D eigenvalue weighted by Crippen LogP contribution is 2.23. The fourth-order valence-corrected chi connectivity index (χ4v) is 2.86. The van der Waals surface area contributed by atoms with Gasteiger partial charge >= 0.3 is 5.97 Å².